The van der Waals surface area contributed by atoms with Crippen LogP contribution in [0.15, 0.2) is 23.1 Å². The normalized spacial score (nSPS) is 11.2. The molecule has 18 heavy (non-hydrogen) atoms. The van der Waals surface area contributed by atoms with Crippen LogP contribution in [0.25, 0.3) is 0 Å². The van der Waals surface area contributed by atoms with Crippen LogP contribution in [0.5, 0.6) is 0 Å². The highest BCUT2D eigenvalue weighted by atomic mass is 32.2. The molecule has 4 nitrogen and oxygen atoms in total. The molecule has 1 aromatic carbocycles. The zero-order valence-electron chi connectivity index (χ0n) is 10.3. The van der Waals surface area contributed by atoms with Crippen LogP contribution in [0.3, 0.4) is 0 Å². The fourth-order valence-corrected chi connectivity index (χ4v) is 2.50. The van der Waals surface area contributed by atoms with Crippen molar-refractivity contribution >= 4 is 10.0 Å². The minimum absolute atomic E-state index is 0.167. The van der Waals surface area contributed by atoms with Crippen molar-refractivity contribution in [2.45, 2.75) is 11.8 Å². The SMILES string of the molecule is CCN(C)S(=O)(=O)c1ccc(C#CCN)cc1F. The minimum atomic E-state index is -3.77. The molecule has 0 spiro atoms. The minimum Gasteiger partial charge on any atom is -0.320 e. The molecule has 0 atom stereocenters. The summed E-state index contributed by atoms with van der Waals surface area (Å²) >= 11 is 0. The van der Waals surface area contributed by atoms with Gasteiger partial charge in [0.2, 0.25) is 10.0 Å². The Morgan fingerprint density at radius 2 is 2.11 bits per heavy atom. The van der Waals surface area contributed by atoms with E-state index in [4.69, 9.17) is 5.73 Å². The van der Waals surface area contributed by atoms with Gasteiger partial charge in [0.25, 0.3) is 0 Å². The molecule has 0 radical (unpaired) electrons. The Balaban J connectivity index is 3.22. The first-order valence-corrected chi connectivity index (χ1v) is 6.82. The molecule has 0 unspecified atom stereocenters. The van der Waals surface area contributed by atoms with Crippen molar-refractivity contribution in [2.75, 3.05) is 20.1 Å². The van der Waals surface area contributed by atoms with Gasteiger partial charge in [-0.3, -0.25) is 0 Å². The van der Waals surface area contributed by atoms with Crippen molar-refractivity contribution in [2.24, 2.45) is 5.73 Å². The summed E-state index contributed by atoms with van der Waals surface area (Å²) < 4.78 is 38.7. The van der Waals surface area contributed by atoms with E-state index in [0.29, 0.717) is 5.56 Å². The second-order valence-corrected chi connectivity index (χ2v) is 5.58. The number of nitrogens with two attached hydrogens (primary N) is 1. The van der Waals surface area contributed by atoms with Crippen LogP contribution in [0.4, 0.5) is 4.39 Å². The molecule has 0 bridgehead atoms. The predicted octanol–water partition coefficient (Wildman–Crippen LogP) is 0.776. The fraction of sp³-hybridized carbons (Fsp3) is 0.333. The molecule has 98 valence electrons. The lowest BCUT2D eigenvalue weighted by molar-refractivity contribution is 0.478. The molecular weight excluding hydrogens is 255 g/mol. The zero-order valence-corrected chi connectivity index (χ0v) is 11.1. The summed E-state index contributed by atoms with van der Waals surface area (Å²) in [5, 5.41) is 0. The van der Waals surface area contributed by atoms with Crippen LogP contribution in [0, 0.1) is 17.7 Å². The highest BCUT2D eigenvalue weighted by molar-refractivity contribution is 7.89. The first-order chi connectivity index (χ1) is 8.43. The molecule has 0 heterocycles. The third-order valence-corrected chi connectivity index (χ3v) is 4.37. The Labute approximate surface area is 107 Å². The second kappa shape index (κ2) is 5.96. The number of benzene rings is 1. The van der Waals surface area contributed by atoms with Crippen LogP contribution in [0.1, 0.15) is 12.5 Å². The lowest BCUT2D eigenvalue weighted by Crippen LogP contribution is -2.27. The molecule has 1 aromatic rings. The Hall–Kier alpha value is -1.42. The van der Waals surface area contributed by atoms with Crippen molar-refractivity contribution < 1.29 is 12.8 Å². The summed E-state index contributed by atoms with van der Waals surface area (Å²) in [6.45, 7) is 2.12. The molecule has 0 saturated heterocycles. The lowest BCUT2D eigenvalue weighted by Gasteiger charge is -2.15. The van der Waals surface area contributed by atoms with Crippen LogP contribution in [-0.2, 0) is 10.0 Å². The van der Waals surface area contributed by atoms with Crippen molar-refractivity contribution in [3.63, 3.8) is 0 Å². The number of rotatable bonds is 3. The van der Waals surface area contributed by atoms with Crippen LogP contribution < -0.4 is 5.73 Å². The van der Waals surface area contributed by atoms with Crippen molar-refractivity contribution in [1.82, 2.24) is 4.31 Å². The maximum atomic E-state index is 13.8. The summed E-state index contributed by atoms with van der Waals surface area (Å²) in [5.41, 5.74) is 5.60. The largest absolute Gasteiger partial charge is 0.320 e. The van der Waals surface area contributed by atoms with E-state index in [1.807, 2.05) is 0 Å². The van der Waals surface area contributed by atoms with Gasteiger partial charge in [-0.2, -0.15) is 0 Å². The van der Waals surface area contributed by atoms with Gasteiger partial charge in [0, 0.05) is 19.2 Å². The summed E-state index contributed by atoms with van der Waals surface area (Å²) in [4.78, 5) is -0.342. The summed E-state index contributed by atoms with van der Waals surface area (Å²) in [7, 11) is -2.37. The average Bonchev–Trinajstić information content (AvgIpc) is 2.34. The van der Waals surface area contributed by atoms with E-state index >= 15 is 0 Å². The highest BCUT2D eigenvalue weighted by Crippen LogP contribution is 2.19. The Morgan fingerprint density at radius 3 is 2.61 bits per heavy atom. The third-order valence-electron chi connectivity index (χ3n) is 2.40. The van der Waals surface area contributed by atoms with Gasteiger partial charge < -0.3 is 5.73 Å². The van der Waals surface area contributed by atoms with Crippen LogP contribution >= 0.6 is 0 Å². The molecule has 0 saturated carbocycles. The van der Waals surface area contributed by atoms with E-state index in [2.05, 4.69) is 11.8 Å². The van der Waals surface area contributed by atoms with Gasteiger partial charge in [-0.25, -0.2) is 17.1 Å². The molecule has 0 fully saturated rings. The van der Waals surface area contributed by atoms with Crippen molar-refractivity contribution in [1.29, 1.82) is 0 Å². The zero-order chi connectivity index (χ0) is 13.8. The van der Waals surface area contributed by atoms with Gasteiger partial charge in [0.1, 0.15) is 10.7 Å². The Bertz CT molecular complexity index is 588. The van der Waals surface area contributed by atoms with Gasteiger partial charge in [0.15, 0.2) is 0 Å². The molecule has 0 aliphatic carbocycles. The van der Waals surface area contributed by atoms with Gasteiger partial charge >= 0.3 is 0 Å². The number of nitrogens with zero attached hydrogens (tertiary/aromatic N) is 1. The van der Waals surface area contributed by atoms with E-state index in [9.17, 15) is 12.8 Å². The molecule has 6 heteroatoms. The van der Waals surface area contributed by atoms with E-state index in [0.717, 1.165) is 10.4 Å². The highest BCUT2D eigenvalue weighted by Gasteiger charge is 2.23. The van der Waals surface area contributed by atoms with Crippen molar-refractivity contribution in [3.8, 4) is 11.8 Å². The molecule has 0 aliphatic rings. The predicted molar refractivity (Wildman–Crippen MR) is 67.8 cm³/mol. The summed E-state index contributed by atoms with van der Waals surface area (Å²) in [6, 6.07) is 3.78. The summed E-state index contributed by atoms with van der Waals surface area (Å²) in [5.74, 6) is 4.41. The molecular formula is C12H15FN2O2S. The third kappa shape index (κ3) is 3.07. The van der Waals surface area contributed by atoms with E-state index in [-0.39, 0.29) is 18.0 Å². The van der Waals surface area contributed by atoms with Crippen LogP contribution in [0.2, 0.25) is 0 Å². The number of hydrogen-bond donors (Lipinski definition) is 1. The molecule has 1 rings (SSSR count). The maximum absolute atomic E-state index is 13.8. The Kier molecular flexibility index (Phi) is 4.84. The summed E-state index contributed by atoms with van der Waals surface area (Å²) in [6.07, 6.45) is 0. The first-order valence-electron chi connectivity index (χ1n) is 5.38. The molecule has 0 aromatic heterocycles. The van der Waals surface area contributed by atoms with E-state index < -0.39 is 15.8 Å². The average molecular weight is 270 g/mol. The molecule has 0 amide bonds. The molecule has 0 aliphatic heterocycles. The topological polar surface area (TPSA) is 63.4 Å². The standard InChI is InChI=1S/C12H15FN2O2S/c1-3-15(2)18(16,17)12-7-6-10(5-4-8-14)9-11(12)13/h6-7,9H,3,8,14H2,1-2H3. The maximum Gasteiger partial charge on any atom is 0.245 e. The Morgan fingerprint density at radius 1 is 1.44 bits per heavy atom. The fourth-order valence-electron chi connectivity index (χ4n) is 1.28. The van der Waals surface area contributed by atoms with E-state index in [1.165, 1.54) is 19.2 Å². The quantitative estimate of drug-likeness (QED) is 0.825. The van der Waals surface area contributed by atoms with Gasteiger partial charge in [-0.1, -0.05) is 18.8 Å². The number of halogens is 1. The van der Waals surface area contributed by atoms with Gasteiger partial charge in [-0.15, -0.1) is 0 Å². The second-order valence-electron chi connectivity index (χ2n) is 3.57. The van der Waals surface area contributed by atoms with Crippen LogP contribution in [-0.4, -0.2) is 32.9 Å². The number of sulfonamides is 1. The monoisotopic (exact) mass is 270 g/mol. The van der Waals surface area contributed by atoms with Gasteiger partial charge in [0.05, 0.1) is 6.54 Å². The lowest BCUT2D eigenvalue weighted by atomic mass is 10.2. The smallest absolute Gasteiger partial charge is 0.245 e. The molecule has 2 N–H and O–H groups in total. The first kappa shape index (κ1) is 14.6. The van der Waals surface area contributed by atoms with Crippen molar-refractivity contribution in [3.05, 3.63) is 29.6 Å². The van der Waals surface area contributed by atoms with E-state index in [1.54, 1.807) is 6.92 Å². The number of hydrogen-bond acceptors (Lipinski definition) is 3. The van der Waals surface area contributed by atoms with Gasteiger partial charge in [-0.05, 0) is 18.2 Å².